The van der Waals surface area contributed by atoms with E-state index in [4.69, 9.17) is 0 Å². The fourth-order valence-corrected chi connectivity index (χ4v) is 3.46. The van der Waals surface area contributed by atoms with Crippen LogP contribution < -0.4 is 10.2 Å². The maximum Gasteiger partial charge on any atom is 0.259 e. The van der Waals surface area contributed by atoms with E-state index in [1.165, 1.54) is 24.3 Å². The highest BCUT2D eigenvalue weighted by atomic mass is 19.1. The molecular weight excluding hydrogens is 416 g/mol. The van der Waals surface area contributed by atoms with E-state index in [2.05, 4.69) is 25.6 Å². The summed E-state index contributed by atoms with van der Waals surface area (Å²) in [6.07, 6.45) is 3.33. The molecule has 5 rings (SSSR count). The Hall–Kier alpha value is -4.34. The maximum atomic E-state index is 15.1. The summed E-state index contributed by atoms with van der Waals surface area (Å²) in [6, 6.07) is 10.6. The minimum absolute atomic E-state index is 0.0564. The van der Waals surface area contributed by atoms with E-state index in [1.54, 1.807) is 23.0 Å². The second-order valence-electron chi connectivity index (χ2n) is 7.39. The first-order valence-corrected chi connectivity index (χ1v) is 9.68. The van der Waals surface area contributed by atoms with Crippen molar-refractivity contribution in [3.05, 3.63) is 72.1 Å². The second-order valence-corrected chi connectivity index (χ2v) is 7.39. The first-order valence-electron chi connectivity index (χ1n) is 9.68. The molecule has 0 bridgehead atoms. The molecule has 0 fully saturated rings. The molecule has 0 saturated heterocycles. The molecule has 4 aromatic heterocycles. The van der Waals surface area contributed by atoms with Crippen molar-refractivity contribution in [3.63, 3.8) is 0 Å². The summed E-state index contributed by atoms with van der Waals surface area (Å²) in [4.78, 5) is 18.7. The lowest BCUT2D eigenvalue weighted by molar-refractivity contribution is 0.102. The van der Waals surface area contributed by atoms with Crippen molar-refractivity contribution >= 4 is 34.0 Å². The topological polar surface area (TPSA) is 91.2 Å². The summed E-state index contributed by atoms with van der Waals surface area (Å²) < 4.78 is 30.7. The number of pyridine rings is 2. The smallest absolute Gasteiger partial charge is 0.259 e. The van der Waals surface area contributed by atoms with E-state index < -0.39 is 17.5 Å². The van der Waals surface area contributed by atoms with Crippen LogP contribution in [0.4, 0.5) is 20.3 Å². The molecule has 4 heterocycles. The molecular formula is C22H17F2N7O. The van der Waals surface area contributed by atoms with Gasteiger partial charge in [-0.05, 0) is 30.3 Å². The van der Waals surface area contributed by atoms with Gasteiger partial charge in [0.05, 0.1) is 22.7 Å². The summed E-state index contributed by atoms with van der Waals surface area (Å²) in [7, 11) is 3.82. The molecule has 0 radical (unpaired) electrons. The monoisotopic (exact) mass is 433 g/mol. The number of aromatic amines is 1. The summed E-state index contributed by atoms with van der Waals surface area (Å²) in [6.45, 7) is 0. The number of amides is 1. The van der Waals surface area contributed by atoms with Crippen molar-refractivity contribution in [1.29, 1.82) is 0 Å². The molecule has 1 amide bonds. The Kier molecular flexibility index (Phi) is 4.54. The van der Waals surface area contributed by atoms with Crippen LogP contribution in [0.15, 0.2) is 54.9 Å². The molecule has 0 aliphatic rings. The Bertz CT molecular complexity index is 1490. The molecule has 0 unspecified atom stereocenters. The number of carbonyl (C=O) groups excluding carboxylic acids is 1. The normalized spacial score (nSPS) is 11.2. The molecule has 160 valence electrons. The van der Waals surface area contributed by atoms with Crippen molar-refractivity contribution in [1.82, 2.24) is 24.8 Å². The van der Waals surface area contributed by atoms with Gasteiger partial charge in [0.2, 0.25) is 0 Å². The highest BCUT2D eigenvalue weighted by Crippen LogP contribution is 2.31. The van der Waals surface area contributed by atoms with Gasteiger partial charge in [-0.1, -0.05) is 12.1 Å². The Morgan fingerprint density at radius 1 is 1.12 bits per heavy atom. The number of nitrogens with one attached hydrogen (secondary N) is 2. The van der Waals surface area contributed by atoms with Crippen molar-refractivity contribution in [3.8, 4) is 11.3 Å². The van der Waals surface area contributed by atoms with Crippen molar-refractivity contribution < 1.29 is 13.6 Å². The average molecular weight is 433 g/mol. The molecule has 0 atom stereocenters. The summed E-state index contributed by atoms with van der Waals surface area (Å²) in [5, 5.41) is 13.8. The van der Waals surface area contributed by atoms with Crippen LogP contribution in [0, 0.1) is 11.6 Å². The number of rotatable bonds is 4. The zero-order chi connectivity index (χ0) is 22.4. The SMILES string of the molecule is CN(C)c1ccn2ncc(-c3nc4[nH]nc(NC(=O)c5ccccc5F)c4cc3F)c2c1. The van der Waals surface area contributed by atoms with Gasteiger partial charge in [0.25, 0.3) is 5.91 Å². The average Bonchev–Trinajstić information content (AvgIpc) is 3.36. The third kappa shape index (κ3) is 3.22. The number of aromatic nitrogens is 5. The van der Waals surface area contributed by atoms with Gasteiger partial charge < -0.3 is 10.2 Å². The standard InChI is InChI=1S/C22H17F2N7O/c1-30(2)12-7-8-31-18(9-12)15(11-25-31)19-17(24)10-14-20(26-19)28-29-21(14)27-22(32)13-5-3-4-6-16(13)23/h3-11H,1-2H3,(H2,26,27,28,29,32). The van der Waals surface area contributed by atoms with E-state index in [0.29, 0.717) is 11.1 Å². The first-order chi connectivity index (χ1) is 15.4. The maximum absolute atomic E-state index is 15.1. The minimum atomic E-state index is -0.695. The summed E-state index contributed by atoms with van der Waals surface area (Å²) >= 11 is 0. The highest BCUT2D eigenvalue weighted by Gasteiger charge is 2.19. The molecule has 5 aromatic rings. The molecule has 0 aliphatic carbocycles. The molecule has 8 nitrogen and oxygen atoms in total. The zero-order valence-electron chi connectivity index (χ0n) is 17.1. The lowest BCUT2D eigenvalue weighted by Crippen LogP contribution is -2.14. The summed E-state index contributed by atoms with van der Waals surface area (Å²) in [5.74, 6) is -1.91. The van der Waals surface area contributed by atoms with Crippen LogP contribution >= 0.6 is 0 Å². The van der Waals surface area contributed by atoms with Crippen LogP contribution in [0.1, 0.15) is 10.4 Å². The highest BCUT2D eigenvalue weighted by molar-refractivity contribution is 6.07. The molecule has 10 heteroatoms. The number of hydrogen-bond donors (Lipinski definition) is 2. The van der Waals surface area contributed by atoms with Gasteiger partial charge in [0.15, 0.2) is 17.3 Å². The van der Waals surface area contributed by atoms with Crippen molar-refractivity contribution in [2.24, 2.45) is 0 Å². The van der Waals surface area contributed by atoms with E-state index in [0.717, 1.165) is 5.69 Å². The lowest BCUT2D eigenvalue weighted by Gasteiger charge is -2.12. The summed E-state index contributed by atoms with van der Waals surface area (Å²) in [5.41, 5.74) is 2.36. The van der Waals surface area contributed by atoms with Gasteiger partial charge >= 0.3 is 0 Å². The number of nitrogens with zero attached hydrogens (tertiary/aromatic N) is 5. The second kappa shape index (κ2) is 7.41. The number of benzene rings is 1. The predicted molar refractivity (Wildman–Crippen MR) is 117 cm³/mol. The van der Waals surface area contributed by atoms with E-state index in [9.17, 15) is 9.18 Å². The number of anilines is 2. The van der Waals surface area contributed by atoms with Crippen molar-refractivity contribution in [2.45, 2.75) is 0 Å². The fraction of sp³-hybridized carbons (Fsp3) is 0.0909. The fourth-order valence-electron chi connectivity index (χ4n) is 3.46. The molecule has 2 N–H and O–H groups in total. The van der Waals surface area contributed by atoms with Gasteiger partial charge in [-0.25, -0.2) is 18.3 Å². The van der Waals surface area contributed by atoms with E-state index in [-0.39, 0.29) is 28.1 Å². The third-order valence-electron chi connectivity index (χ3n) is 5.13. The van der Waals surface area contributed by atoms with Crippen LogP contribution in [0.5, 0.6) is 0 Å². The Morgan fingerprint density at radius 2 is 1.94 bits per heavy atom. The van der Waals surface area contributed by atoms with Gasteiger partial charge in [0.1, 0.15) is 11.5 Å². The van der Waals surface area contributed by atoms with Crippen LogP contribution in [-0.2, 0) is 0 Å². The van der Waals surface area contributed by atoms with Gasteiger partial charge in [-0.2, -0.15) is 10.2 Å². The number of carbonyl (C=O) groups is 1. The van der Waals surface area contributed by atoms with Crippen LogP contribution in [0.3, 0.4) is 0 Å². The number of hydrogen-bond acceptors (Lipinski definition) is 5. The lowest BCUT2D eigenvalue weighted by atomic mass is 10.1. The Labute approximate surface area is 180 Å². The number of halogens is 2. The molecule has 32 heavy (non-hydrogen) atoms. The van der Waals surface area contributed by atoms with Crippen LogP contribution in [0.25, 0.3) is 27.8 Å². The molecule has 0 spiro atoms. The molecule has 0 aliphatic heterocycles. The van der Waals surface area contributed by atoms with E-state index >= 15 is 4.39 Å². The predicted octanol–water partition coefficient (Wildman–Crippen LogP) is 3.87. The van der Waals surface area contributed by atoms with Gasteiger partial charge in [-0.15, -0.1) is 0 Å². The number of fused-ring (bicyclic) bond motifs is 2. The van der Waals surface area contributed by atoms with E-state index in [1.807, 2.05) is 31.1 Å². The van der Waals surface area contributed by atoms with Gasteiger partial charge in [-0.3, -0.25) is 9.89 Å². The first kappa shape index (κ1) is 19.6. The molecule has 0 saturated carbocycles. The van der Waals surface area contributed by atoms with Crippen molar-refractivity contribution in [2.75, 3.05) is 24.3 Å². The minimum Gasteiger partial charge on any atom is -0.378 e. The Balaban J connectivity index is 1.55. The molecule has 1 aromatic carbocycles. The van der Waals surface area contributed by atoms with Crippen LogP contribution in [-0.4, -0.2) is 44.8 Å². The zero-order valence-corrected chi connectivity index (χ0v) is 17.1. The quantitative estimate of drug-likeness (QED) is 0.449. The largest absolute Gasteiger partial charge is 0.378 e. The number of H-pyrrole nitrogens is 1. The Morgan fingerprint density at radius 3 is 2.72 bits per heavy atom. The third-order valence-corrected chi connectivity index (χ3v) is 5.13. The van der Waals surface area contributed by atoms with Crippen LogP contribution in [0.2, 0.25) is 0 Å². The van der Waals surface area contributed by atoms with Gasteiger partial charge in [0, 0.05) is 31.5 Å².